The first-order valence-corrected chi connectivity index (χ1v) is 6.73. The van der Waals surface area contributed by atoms with Crippen LogP contribution in [0.2, 0.25) is 0 Å². The molecule has 0 saturated heterocycles. The lowest BCUT2D eigenvalue weighted by Gasteiger charge is -2.07. The van der Waals surface area contributed by atoms with Gasteiger partial charge in [-0.1, -0.05) is 0 Å². The summed E-state index contributed by atoms with van der Waals surface area (Å²) in [5.41, 5.74) is 1.33. The summed E-state index contributed by atoms with van der Waals surface area (Å²) in [5, 5.41) is 10.6. The molecule has 0 fully saturated rings. The van der Waals surface area contributed by atoms with Gasteiger partial charge in [-0.15, -0.1) is 0 Å². The molecule has 2 aromatic carbocycles. The number of rotatable bonds is 6. The average Bonchev–Trinajstić information content (AvgIpc) is 2.54. The predicted molar refractivity (Wildman–Crippen MR) is 79.8 cm³/mol. The van der Waals surface area contributed by atoms with E-state index in [1.54, 1.807) is 43.3 Å². The Kier molecular flexibility index (Phi) is 5.08. The van der Waals surface area contributed by atoms with Crippen LogP contribution in [0.1, 0.15) is 22.8 Å². The molecule has 0 N–H and O–H groups in total. The molecule has 6 heteroatoms. The van der Waals surface area contributed by atoms with Gasteiger partial charge < -0.3 is 9.47 Å². The molecule has 2 rings (SSSR count). The molecule has 0 heterocycles. The maximum absolute atomic E-state index is 11.5. The largest absolute Gasteiger partial charge is 0.489 e. The van der Waals surface area contributed by atoms with Crippen LogP contribution in [-0.4, -0.2) is 17.5 Å². The first kappa shape index (κ1) is 15.5. The summed E-state index contributed by atoms with van der Waals surface area (Å²) in [4.78, 5) is 21.6. The van der Waals surface area contributed by atoms with Gasteiger partial charge in [0.05, 0.1) is 17.1 Å². The molecule has 0 bridgehead atoms. The van der Waals surface area contributed by atoms with Crippen LogP contribution in [0, 0.1) is 10.1 Å². The van der Waals surface area contributed by atoms with E-state index in [1.807, 2.05) is 0 Å². The first-order valence-electron chi connectivity index (χ1n) is 6.73. The van der Waals surface area contributed by atoms with Crippen molar-refractivity contribution in [2.24, 2.45) is 0 Å². The number of ether oxygens (including phenoxy) is 2. The zero-order valence-corrected chi connectivity index (χ0v) is 12.0. The van der Waals surface area contributed by atoms with E-state index in [4.69, 9.17) is 9.47 Å². The van der Waals surface area contributed by atoms with Gasteiger partial charge in [0.2, 0.25) is 0 Å². The molecule has 0 atom stereocenters. The van der Waals surface area contributed by atoms with Crippen LogP contribution >= 0.6 is 0 Å². The fraction of sp³-hybridized carbons (Fsp3) is 0.188. The van der Waals surface area contributed by atoms with Crippen molar-refractivity contribution in [1.82, 2.24) is 0 Å². The predicted octanol–water partition coefficient (Wildman–Crippen LogP) is 3.35. The number of carbonyl (C=O) groups excluding carboxylic acids is 1. The van der Waals surface area contributed by atoms with E-state index in [0.29, 0.717) is 17.9 Å². The molecule has 22 heavy (non-hydrogen) atoms. The third-order valence-electron chi connectivity index (χ3n) is 2.92. The fourth-order valence-electron chi connectivity index (χ4n) is 1.78. The number of esters is 1. The topological polar surface area (TPSA) is 78.7 Å². The highest BCUT2D eigenvalue weighted by Gasteiger charge is 2.07. The second kappa shape index (κ2) is 7.21. The van der Waals surface area contributed by atoms with Crippen molar-refractivity contribution in [3.63, 3.8) is 0 Å². The van der Waals surface area contributed by atoms with Crippen LogP contribution in [0.15, 0.2) is 48.5 Å². The number of nitro groups is 1. The molecule has 0 aromatic heterocycles. The number of carbonyl (C=O) groups is 1. The number of hydrogen-bond acceptors (Lipinski definition) is 5. The van der Waals surface area contributed by atoms with Gasteiger partial charge >= 0.3 is 5.97 Å². The Labute approximate surface area is 127 Å². The van der Waals surface area contributed by atoms with Crippen molar-refractivity contribution in [3.05, 3.63) is 69.8 Å². The fourth-order valence-corrected chi connectivity index (χ4v) is 1.78. The van der Waals surface area contributed by atoms with Gasteiger partial charge in [-0.2, -0.15) is 0 Å². The van der Waals surface area contributed by atoms with Crippen LogP contribution in [0.25, 0.3) is 0 Å². The van der Waals surface area contributed by atoms with Crippen LogP contribution in [-0.2, 0) is 11.3 Å². The molecule has 6 nitrogen and oxygen atoms in total. The maximum atomic E-state index is 11.5. The third kappa shape index (κ3) is 4.05. The zero-order chi connectivity index (χ0) is 15.9. The third-order valence-corrected chi connectivity index (χ3v) is 2.92. The monoisotopic (exact) mass is 301 g/mol. The minimum absolute atomic E-state index is 0.0440. The number of nitrogens with zero attached hydrogens (tertiary/aromatic N) is 1. The molecule has 2 aromatic rings. The van der Waals surface area contributed by atoms with Crippen LogP contribution < -0.4 is 4.74 Å². The van der Waals surface area contributed by atoms with Crippen molar-refractivity contribution >= 4 is 11.7 Å². The lowest BCUT2D eigenvalue weighted by atomic mass is 10.2. The minimum Gasteiger partial charge on any atom is -0.489 e. The highest BCUT2D eigenvalue weighted by Crippen LogP contribution is 2.16. The van der Waals surface area contributed by atoms with Crippen molar-refractivity contribution < 1.29 is 19.2 Å². The summed E-state index contributed by atoms with van der Waals surface area (Å²) in [6, 6.07) is 12.8. The van der Waals surface area contributed by atoms with Crippen molar-refractivity contribution in [2.45, 2.75) is 13.5 Å². The van der Waals surface area contributed by atoms with Crippen LogP contribution in [0.5, 0.6) is 5.75 Å². The van der Waals surface area contributed by atoms with Crippen molar-refractivity contribution in [1.29, 1.82) is 0 Å². The van der Waals surface area contributed by atoms with E-state index in [-0.39, 0.29) is 18.3 Å². The highest BCUT2D eigenvalue weighted by molar-refractivity contribution is 5.89. The lowest BCUT2D eigenvalue weighted by molar-refractivity contribution is -0.384. The SMILES string of the molecule is CCOC(=O)c1ccc(OCc2ccc([N+](=O)[O-])cc2)cc1. The molecular weight excluding hydrogens is 286 g/mol. The molecule has 0 aliphatic carbocycles. The molecule has 0 radical (unpaired) electrons. The van der Waals surface area contributed by atoms with Gasteiger partial charge in [-0.3, -0.25) is 10.1 Å². The van der Waals surface area contributed by atoms with E-state index < -0.39 is 4.92 Å². The smallest absolute Gasteiger partial charge is 0.338 e. The van der Waals surface area contributed by atoms with Gasteiger partial charge in [-0.05, 0) is 48.9 Å². The van der Waals surface area contributed by atoms with Gasteiger partial charge in [0.15, 0.2) is 0 Å². The second-order valence-corrected chi connectivity index (χ2v) is 4.46. The van der Waals surface area contributed by atoms with Gasteiger partial charge in [0.1, 0.15) is 12.4 Å². The summed E-state index contributed by atoms with van der Waals surface area (Å²) in [6.45, 7) is 2.37. The summed E-state index contributed by atoms with van der Waals surface area (Å²) >= 11 is 0. The number of hydrogen-bond donors (Lipinski definition) is 0. The number of non-ortho nitro benzene ring substituents is 1. The lowest BCUT2D eigenvalue weighted by Crippen LogP contribution is -2.04. The molecule has 0 spiro atoms. The molecule has 114 valence electrons. The standard InChI is InChI=1S/C16H15NO5/c1-2-21-16(18)13-5-9-15(10-6-13)22-11-12-3-7-14(8-4-12)17(19)20/h3-10H,2,11H2,1H3. The Morgan fingerprint density at radius 2 is 1.73 bits per heavy atom. The molecule has 0 saturated carbocycles. The second-order valence-electron chi connectivity index (χ2n) is 4.46. The summed E-state index contributed by atoms with van der Waals surface area (Å²) in [5.74, 6) is 0.232. The molecule has 0 aliphatic heterocycles. The molecule has 0 unspecified atom stereocenters. The van der Waals surface area contributed by atoms with Crippen LogP contribution in [0.4, 0.5) is 5.69 Å². The van der Waals surface area contributed by atoms with Gasteiger partial charge in [-0.25, -0.2) is 4.79 Å². The Morgan fingerprint density at radius 1 is 1.09 bits per heavy atom. The normalized spacial score (nSPS) is 10.0. The average molecular weight is 301 g/mol. The molecular formula is C16H15NO5. The maximum Gasteiger partial charge on any atom is 0.338 e. The molecule has 0 aliphatic rings. The quantitative estimate of drug-likeness (QED) is 0.464. The van der Waals surface area contributed by atoms with E-state index in [1.165, 1.54) is 12.1 Å². The summed E-state index contributed by atoms with van der Waals surface area (Å²) in [7, 11) is 0. The Balaban J connectivity index is 1.94. The zero-order valence-electron chi connectivity index (χ0n) is 12.0. The van der Waals surface area contributed by atoms with E-state index in [2.05, 4.69) is 0 Å². The molecule has 0 amide bonds. The van der Waals surface area contributed by atoms with Gasteiger partial charge in [0.25, 0.3) is 5.69 Å². The summed E-state index contributed by atoms with van der Waals surface area (Å²) in [6.07, 6.45) is 0. The van der Waals surface area contributed by atoms with Crippen molar-refractivity contribution in [2.75, 3.05) is 6.61 Å². The van der Waals surface area contributed by atoms with Crippen LogP contribution in [0.3, 0.4) is 0 Å². The van der Waals surface area contributed by atoms with E-state index in [9.17, 15) is 14.9 Å². The minimum atomic E-state index is -0.446. The Morgan fingerprint density at radius 3 is 2.27 bits per heavy atom. The highest BCUT2D eigenvalue weighted by atomic mass is 16.6. The van der Waals surface area contributed by atoms with Crippen molar-refractivity contribution in [3.8, 4) is 5.75 Å². The van der Waals surface area contributed by atoms with E-state index >= 15 is 0 Å². The van der Waals surface area contributed by atoms with Gasteiger partial charge in [0, 0.05) is 12.1 Å². The number of benzene rings is 2. The Hall–Kier alpha value is -2.89. The first-order chi connectivity index (χ1) is 10.6. The number of nitro benzene ring substituents is 1. The Bertz CT molecular complexity index is 649. The van der Waals surface area contributed by atoms with E-state index in [0.717, 1.165) is 5.56 Å². The summed E-state index contributed by atoms with van der Waals surface area (Å²) < 4.78 is 10.5.